The minimum atomic E-state index is -1.57. The molecular weight excluding hydrogens is 564 g/mol. The second kappa shape index (κ2) is 15.6. The number of aromatic hydroxyl groups is 2. The molecule has 0 bridgehead atoms. The first-order valence-electron chi connectivity index (χ1n) is 16.1. The summed E-state index contributed by atoms with van der Waals surface area (Å²) in [5.41, 5.74) is 0.468. The fourth-order valence-corrected chi connectivity index (χ4v) is 6.31. The molecule has 0 saturated heterocycles. The number of carbonyl (C=O) groups excluding carboxylic acids is 3. The molecule has 0 aromatic heterocycles. The lowest BCUT2D eigenvalue weighted by molar-refractivity contribution is -0.150. The van der Waals surface area contributed by atoms with Crippen molar-refractivity contribution >= 4 is 17.3 Å². The first-order valence-corrected chi connectivity index (χ1v) is 16.1. The van der Waals surface area contributed by atoms with E-state index in [1.807, 2.05) is 54.5 Å². The summed E-state index contributed by atoms with van der Waals surface area (Å²) in [4.78, 5) is 44.0. The van der Waals surface area contributed by atoms with Crippen LogP contribution < -0.4 is 0 Å². The summed E-state index contributed by atoms with van der Waals surface area (Å²) >= 11 is 0. The van der Waals surface area contributed by atoms with Crippen molar-refractivity contribution in [3.05, 3.63) is 82.2 Å². The second-order valence-electron chi connectivity index (χ2n) is 13.7. The molecule has 6 nitrogen and oxygen atoms in total. The number of rotatable bonds is 15. The van der Waals surface area contributed by atoms with Crippen LogP contribution in [0.5, 0.6) is 11.5 Å². The zero-order valence-corrected chi connectivity index (χ0v) is 28.8. The number of Topliss-reactive ketones (excluding diaryl/α,β-unsaturated/α-hetero) is 3. The number of ketones is 3. The predicted octanol–water partition coefficient (Wildman–Crippen LogP) is 9.69. The van der Waals surface area contributed by atoms with Crippen molar-refractivity contribution in [2.24, 2.45) is 22.7 Å². The number of phenolic OH excluding ortho intramolecular Hbond substituents is 2. The number of hydrogen-bond acceptors (Lipinski definition) is 6. The van der Waals surface area contributed by atoms with E-state index in [4.69, 9.17) is 0 Å². The molecule has 0 spiro atoms. The molecule has 0 unspecified atom stereocenters. The summed E-state index contributed by atoms with van der Waals surface area (Å²) in [6.45, 7) is 21.9. The van der Waals surface area contributed by atoms with E-state index in [9.17, 15) is 24.9 Å². The molecule has 0 aliphatic heterocycles. The number of allylic oxidation sites excluding steroid dienone is 9. The van der Waals surface area contributed by atoms with Gasteiger partial charge >= 0.3 is 0 Å². The maximum atomic E-state index is 15.2. The maximum absolute atomic E-state index is 15.2. The average Bonchev–Trinajstić information content (AvgIpc) is 2.97. The Morgan fingerprint density at radius 1 is 0.822 bits per heavy atom. The third kappa shape index (κ3) is 8.33. The number of carbonyl (C=O) groups is 3. The Balaban J connectivity index is 3.08. The highest BCUT2D eigenvalue weighted by Crippen LogP contribution is 2.55. The Bertz CT molecular complexity index is 1420. The van der Waals surface area contributed by atoms with Gasteiger partial charge in [0.05, 0.1) is 10.8 Å². The molecule has 0 heterocycles. The molecule has 0 amide bonds. The summed E-state index contributed by atoms with van der Waals surface area (Å²) in [6, 6.07) is 3.56. The standard InChI is InChI=1S/C39H54O6/c1-11-28(15-13-24(3)4)22-39(23-30(27(9)10)16-14-25(5)6)36(44)33(34(42)29-17-18-31(40)32(41)21-29)35(43)38(12-2,37(39)45)20-19-26(7)8/h13-14,17-19,21,28,30,40-41,44H,9,11-12,15-16,20,22-23H2,1-8,10H3/t28-,30-,38-,39+/m1/s1. The molecule has 2 rings (SSSR count). The monoisotopic (exact) mass is 618 g/mol. The molecule has 1 aliphatic rings. The van der Waals surface area contributed by atoms with E-state index in [0.29, 0.717) is 12.8 Å². The van der Waals surface area contributed by atoms with Gasteiger partial charge in [-0.1, -0.05) is 67.4 Å². The van der Waals surface area contributed by atoms with Gasteiger partial charge in [0.15, 0.2) is 28.8 Å². The first kappa shape index (κ1) is 37.5. The fraction of sp³-hybridized carbons (Fsp3) is 0.513. The summed E-state index contributed by atoms with van der Waals surface area (Å²) in [5.74, 6) is -3.47. The lowest BCUT2D eigenvalue weighted by atomic mass is 9.53. The van der Waals surface area contributed by atoms with Crippen LogP contribution in [-0.2, 0) is 9.59 Å². The van der Waals surface area contributed by atoms with E-state index < -0.39 is 45.2 Å². The zero-order valence-electron chi connectivity index (χ0n) is 28.8. The quantitative estimate of drug-likeness (QED) is 0.0593. The van der Waals surface area contributed by atoms with Gasteiger partial charge in [-0.3, -0.25) is 14.4 Å². The minimum Gasteiger partial charge on any atom is -0.510 e. The van der Waals surface area contributed by atoms with E-state index in [1.165, 1.54) is 12.1 Å². The van der Waals surface area contributed by atoms with Crippen LogP contribution in [-0.4, -0.2) is 32.7 Å². The smallest absolute Gasteiger partial charge is 0.200 e. The average molecular weight is 619 g/mol. The van der Waals surface area contributed by atoms with Gasteiger partial charge in [0, 0.05) is 5.56 Å². The van der Waals surface area contributed by atoms with Gasteiger partial charge in [0.25, 0.3) is 0 Å². The molecule has 1 aliphatic carbocycles. The largest absolute Gasteiger partial charge is 0.510 e. The van der Waals surface area contributed by atoms with Crippen molar-refractivity contribution in [2.45, 2.75) is 107 Å². The zero-order chi connectivity index (χ0) is 34.3. The highest BCUT2D eigenvalue weighted by atomic mass is 16.3. The molecular formula is C39H54O6. The van der Waals surface area contributed by atoms with Crippen LogP contribution in [0.4, 0.5) is 0 Å². The molecule has 0 fully saturated rings. The van der Waals surface area contributed by atoms with Gasteiger partial charge in [-0.2, -0.15) is 0 Å². The topological polar surface area (TPSA) is 112 Å². The molecule has 3 N–H and O–H groups in total. The molecule has 246 valence electrons. The number of hydrogen-bond donors (Lipinski definition) is 3. The summed E-state index contributed by atoms with van der Waals surface area (Å²) < 4.78 is 0. The summed E-state index contributed by atoms with van der Waals surface area (Å²) in [7, 11) is 0. The van der Waals surface area contributed by atoms with Crippen molar-refractivity contribution in [2.75, 3.05) is 0 Å². The van der Waals surface area contributed by atoms with Gasteiger partial charge < -0.3 is 15.3 Å². The minimum absolute atomic E-state index is 0.0134. The number of aliphatic hydroxyl groups excluding tert-OH is 1. The second-order valence-corrected chi connectivity index (χ2v) is 13.7. The molecule has 6 heteroatoms. The van der Waals surface area contributed by atoms with Crippen molar-refractivity contribution in [1.29, 1.82) is 0 Å². The van der Waals surface area contributed by atoms with Crippen LogP contribution in [0.2, 0.25) is 0 Å². The van der Waals surface area contributed by atoms with E-state index in [0.717, 1.165) is 34.8 Å². The summed E-state index contributed by atoms with van der Waals surface area (Å²) in [6.07, 6.45) is 8.81. The maximum Gasteiger partial charge on any atom is 0.200 e. The third-order valence-electron chi connectivity index (χ3n) is 9.32. The SMILES string of the molecule is C=C(C)[C@H](CC=C(C)C)C[C@]1(C[C@H](CC)CC=C(C)C)C(=O)[C@](CC)(CC=C(C)C)C(=O)C(C(=O)c2ccc(O)c(O)c2)=C1O. The Kier molecular flexibility index (Phi) is 13.0. The van der Waals surface area contributed by atoms with Gasteiger partial charge in [-0.05, 0) is 117 Å². The molecule has 0 saturated carbocycles. The van der Waals surface area contributed by atoms with Crippen LogP contribution in [0.3, 0.4) is 0 Å². The van der Waals surface area contributed by atoms with Gasteiger partial charge in [-0.15, -0.1) is 0 Å². The van der Waals surface area contributed by atoms with Crippen molar-refractivity contribution in [3.63, 3.8) is 0 Å². The molecule has 1 aromatic carbocycles. The van der Waals surface area contributed by atoms with E-state index in [-0.39, 0.29) is 48.9 Å². The van der Waals surface area contributed by atoms with Crippen LogP contribution in [0.25, 0.3) is 0 Å². The number of benzene rings is 1. The Morgan fingerprint density at radius 2 is 1.40 bits per heavy atom. The predicted molar refractivity (Wildman–Crippen MR) is 182 cm³/mol. The molecule has 1 aromatic rings. The molecule has 45 heavy (non-hydrogen) atoms. The molecule has 4 atom stereocenters. The van der Waals surface area contributed by atoms with Crippen LogP contribution >= 0.6 is 0 Å². The van der Waals surface area contributed by atoms with E-state index in [1.54, 1.807) is 6.92 Å². The third-order valence-corrected chi connectivity index (χ3v) is 9.32. The van der Waals surface area contributed by atoms with Gasteiger partial charge in [0.2, 0.25) is 0 Å². The Hall–Kier alpha value is -3.67. The highest BCUT2D eigenvalue weighted by molar-refractivity contribution is 6.34. The van der Waals surface area contributed by atoms with Crippen LogP contribution in [0.1, 0.15) is 118 Å². The number of aliphatic hydroxyl groups is 1. The lowest BCUT2D eigenvalue weighted by Crippen LogP contribution is -2.56. The van der Waals surface area contributed by atoms with E-state index >= 15 is 4.79 Å². The fourth-order valence-electron chi connectivity index (χ4n) is 6.31. The number of phenols is 2. The van der Waals surface area contributed by atoms with Crippen molar-refractivity contribution < 1.29 is 29.7 Å². The van der Waals surface area contributed by atoms with Gasteiger partial charge in [-0.25, -0.2) is 0 Å². The highest BCUT2D eigenvalue weighted by Gasteiger charge is 2.62. The molecule has 0 radical (unpaired) electrons. The van der Waals surface area contributed by atoms with Crippen LogP contribution in [0, 0.1) is 22.7 Å². The Labute approximate surface area is 270 Å². The summed E-state index contributed by atoms with van der Waals surface area (Å²) in [5, 5.41) is 32.4. The lowest BCUT2D eigenvalue weighted by Gasteiger charge is -2.47. The first-order chi connectivity index (χ1) is 21.0. The van der Waals surface area contributed by atoms with Crippen molar-refractivity contribution in [3.8, 4) is 11.5 Å². The van der Waals surface area contributed by atoms with Gasteiger partial charge in [0.1, 0.15) is 11.3 Å². The Morgan fingerprint density at radius 3 is 1.89 bits per heavy atom. The van der Waals surface area contributed by atoms with E-state index in [2.05, 4.69) is 25.7 Å². The van der Waals surface area contributed by atoms with Crippen LogP contribution in [0.15, 0.2) is 76.6 Å². The van der Waals surface area contributed by atoms with Crippen molar-refractivity contribution in [1.82, 2.24) is 0 Å². The normalized spacial score (nSPS) is 21.2.